The molecule has 5 heteroatoms. The zero-order valence-corrected chi connectivity index (χ0v) is 37.0. The SMILES string of the molecule is CC(C)(C)c1cc2c3c(c1)-c1cc4sc5ccccc5c4c4c1c(cc1sc5ccccc5c14)B3c1cc3sc4ccccc4c3c3c4c(cc-2c13)[I-]c1ccccc1-4. The third-order valence-electron chi connectivity index (χ3n) is 13.7. The second kappa shape index (κ2) is 11.0. The van der Waals surface area contributed by atoms with Gasteiger partial charge in [0.2, 0.25) is 0 Å². The Hall–Kier alpha value is -5.05. The minimum atomic E-state index is -0.324. The quantitative estimate of drug-likeness (QED) is 0.105. The second-order valence-corrected chi connectivity index (χ2v) is 23.9. The van der Waals surface area contributed by atoms with E-state index in [1.807, 2.05) is 34.0 Å². The Labute approximate surface area is 363 Å². The maximum atomic E-state index is 2.67. The number of hydrogen-bond donors (Lipinski definition) is 0. The molecule has 0 bridgehead atoms. The van der Waals surface area contributed by atoms with E-state index in [0.29, 0.717) is 0 Å². The average molecular weight is 914 g/mol. The van der Waals surface area contributed by atoms with Crippen molar-refractivity contribution in [2.75, 3.05) is 0 Å². The summed E-state index contributed by atoms with van der Waals surface area (Å²) in [6, 6.07) is 52.6. The van der Waals surface area contributed by atoms with E-state index in [1.54, 1.807) is 7.14 Å². The summed E-state index contributed by atoms with van der Waals surface area (Å²) in [6.45, 7) is 7.31. The molecule has 276 valence electrons. The molecule has 9 aromatic carbocycles. The van der Waals surface area contributed by atoms with E-state index >= 15 is 0 Å². The van der Waals surface area contributed by atoms with Crippen molar-refractivity contribution in [1.29, 1.82) is 0 Å². The van der Waals surface area contributed by atoms with Gasteiger partial charge in [-0.2, -0.15) is 0 Å². The Balaban J connectivity index is 1.22. The summed E-state index contributed by atoms with van der Waals surface area (Å²) < 4.78 is 11.4. The molecule has 0 radical (unpaired) electrons. The standard InChI is InChI=1S/C54H31BIS3/c1-54(2,3)26-20-33-31-22-38-47(27-12-4-8-16-37(27)56-38)51-45(31)35(24-43-49(51)29-14-6-10-18-40(29)58-43)55-36-25-44-50(30-15-7-11-19-41(30)59-44)52-46(36)32(34(21-26)53(33)55)23-42-48(52)28-13-5-9-17-39(28)57-42/h4-25H,1-3H3/q-1. The third-order valence-corrected chi connectivity index (χ3v) is 20.0. The van der Waals surface area contributed by atoms with Crippen LogP contribution in [-0.4, -0.2) is 6.71 Å². The summed E-state index contributed by atoms with van der Waals surface area (Å²) in [6.07, 6.45) is 0. The molecule has 3 aliphatic heterocycles. The van der Waals surface area contributed by atoms with Gasteiger partial charge in [0.15, 0.2) is 0 Å². The molecular formula is C54H31BIS3-. The Morgan fingerprint density at radius 3 is 1.49 bits per heavy atom. The van der Waals surface area contributed by atoms with E-state index in [2.05, 4.69) is 154 Å². The van der Waals surface area contributed by atoms with Crippen molar-refractivity contribution in [3.8, 4) is 33.4 Å². The molecule has 0 fully saturated rings. The molecule has 15 rings (SSSR count). The molecule has 0 spiro atoms. The van der Waals surface area contributed by atoms with Gasteiger partial charge in [-0.1, -0.05) is 24.3 Å². The molecule has 0 unspecified atom stereocenters. The topological polar surface area (TPSA) is 0 Å². The van der Waals surface area contributed by atoms with E-state index in [0.717, 1.165) is 0 Å². The normalized spacial score (nSPS) is 14.1. The molecule has 12 aromatic rings. The van der Waals surface area contributed by atoms with Crippen LogP contribution in [0.3, 0.4) is 0 Å². The Morgan fingerprint density at radius 1 is 0.407 bits per heavy atom. The van der Waals surface area contributed by atoms with Crippen LogP contribution in [0.15, 0.2) is 133 Å². The summed E-state index contributed by atoms with van der Waals surface area (Å²) in [5.41, 5.74) is 14.6. The molecule has 3 aromatic heterocycles. The van der Waals surface area contributed by atoms with Crippen molar-refractivity contribution in [2.24, 2.45) is 0 Å². The number of halogens is 1. The molecule has 0 nitrogen and oxygen atoms in total. The van der Waals surface area contributed by atoms with Gasteiger partial charge < -0.3 is 0 Å². The zero-order valence-electron chi connectivity index (χ0n) is 32.4. The summed E-state index contributed by atoms with van der Waals surface area (Å²) >= 11 is 5.60. The van der Waals surface area contributed by atoms with Crippen molar-refractivity contribution < 1.29 is 21.2 Å². The summed E-state index contributed by atoms with van der Waals surface area (Å²) in [5, 5.41) is 14.3. The van der Waals surface area contributed by atoms with Gasteiger partial charge in [-0.05, 0) is 0 Å². The zero-order chi connectivity index (χ0) is 38.6. The van der Waals surface area contributed by atoms with Crippen LogP contribution in [-0.2, 0) is 5.41 Å². The van der Waals surface area contributed by atoms with Crippen LogP contribution in [0.25, 0.3) is 115 Å². The van der Waals surface area contributed by atoms with E-state index < -0.39 is 0 Å². The van der Waals surface area contributed by atoms with Gasteiger partial charge in [-0.3, -0.25) is 0 Å². The van der Waals surface area contributed by atoms with Crippen LogP contribution >= 0.6 is 34.0 Å². The Bertz CT molecular complexity index is 3960. The first-order valence-electron chi connectivity index (χ1n) is 20.5. The average Bonchev–Trinajstić information content (AvgIpc) is 4.01. The Morgan fingerprint density at radius 2 is 0.898 bits per heavy atom. The van der Waals surface area contributed by atoms with Crippen LogP contribution in [0.5, 0.6) is 0 Å². The molecular weight excluding hydrogens is 883 g/mol. The summed E-state index contributed by atoms with van der Waals surface area (Å²) in [5.74, 6) is 0. The van der Waals surface area contributed by atoms with Crippen LogP contribution in [0.2, 0.25) is 0 Å². The molecule has 3 aliphatic rings. The van der Waals surface area contributed by atoms with Crippen LogP contribution in [0, 0.1) is 7.14 Å². The fraction of sp³-hybridized carbons (Fsp3) is 0.0741. The third kappa shape index (κ3) is 4.02. The predicted octanol–water partition coefficient (Wildman–Crippen LogP) is 11.0. The van der Waals surface area contributed by atoms with Gasteiger partial charge in [0, 0.05) is 0 Å². The molecule has 6 heterocycles. The summed E-state index contributed by atoms with van der Waals surface area (Å²) in [4.78, 5) is 0. The molecule has 0 N–H and O–H groups in total. The molecule has 0 saturated carbocycles. The van der Waals surface area contributed by atoms with Gasteiger partial charge in [0.25, 0.3) is 0 Å². The minimum absolute atomic E-state index is 0.0253. The molecule has 59 heavy (non-hydrogen) atoms. The van der Waals surface area contributed by atoms with Crippen LogP contribution < -0.4 is 37.6 Å². The fourth-order valence-electron chi connectivity index (χ4n) is 11.3. The number of thiophene rings is 3. The first-order valence-corrected chi connectivity index (χ1v) is 25.1. The molecule has 0 aliphatic carbocycles. The van der Waals surface area contributed by atoms with Crippen molar-refractivity contribution in [1.82, 2.24) is 0 Å². The first-order chi connectivity index (χ1) is 28.9. The van der Waals surface area contributed by atoms with E-state index in [9.17, 15) is 0 Å². The second-order valence-electron chi connectivity index (χ2n) is 17.8. The van der Waals surface area contributed by atoms with E-state index in [4.69, 9.17) is 0 Å². The number of hydrogen-bond acceptors (Lipinski definition) is 3. The van der Waals surface area contributed by atoms with Crippen LogP contribution in [0.1, 0.15) is 26.3 Å². The van der Waals surface area contributed by atoms with Crippen molar-refractivity contribution in [2.45, 2.75) is 26.2 Å². The molecule has 0 amide bonds. The summed E-state index contributed by atoms with van der Waals surface area (Å²) in [7, 11) is 0. The number of rotatable bonds is 0. The number of fused-ring (bicyclic) bond motifs is 20. The Kier molecular flexibility index (Phi) is 6.11. The van der Waals surface area contributed by atoms with Gasteiger partial charge in [-0.25, -0.2) is 0 Å². The maximum absolute atomic E-state index is 2.67. The molecule has 0 saturated heterocycles. The monoisotopic (exact) mass is 913 g/mol. The number of benzene rings is 9. The van der Waals surface area contributed by atoms with Crippen molar-refractivity contribution in [3.63, 3.8) is 0 Å². The van der Waals surface area contributed by atoms with E-state index in [-0.39, 0.29) is 33.3 Å². The fourth-order valence-corrected chi connectivity index (χ4v) is 17.8. The van der Waals surface area contributed by atoms with Gasteiger partial charge in [0.05, 0.1) is 0 Å². The predicted molar refractivity (Wildman–Crippen MR) is 257 cm³/mol. The van der Waals surface area contributed by atoms with Gasteiger partial charge in [-0.15, -0.1) is 0 Å². The van der Waals surface area contributed by atoms with E-state index in [1.165, 1.54) is 137 Å². The van der Waals surface area contributed by atoms with Crippen molar-refractivity contribution >= 4 is 139 Å². The van der Waals surface area contributed by atoms with Crippen LogP contribution in [0.4, 0.5) is 0 Å². The van der Waals surface area contributed by atoms with Crippen molar-refractivity contribution in [3.05, 3.63) is 146 Å². The van der Waals surface area contributed by atoms with Gasteiger partial charge in [0.1, 0.15) is 0 Å². The molecule has 0 atom stereocenters. The first kappa shape index (κ1) is 32.8. The van der Waals surface area contributed by atoms with Gasteiger partial charge >= 0.3 is 342 Å².